The zero-order valence-corrected chi connectivity index (χ0v) is 17.5. The summed E-state index contributed by atoms with van der Waals surface area (Å²) in [4.78, 5) is 30.3. The number of hydrogen-bond acceptors (Lipinski definition) is 6. The Morgan fingerprint density at radius 3 is 2.68 bits per heavy atom. The van der Waals surface area contributed by atoms with Gasteiger partial charge in [0.1, 0.15) is 17.1 Å². The van der Waals surface area contributed by atoms with Gasteiger partial charge in [-0.05, 0) is 50.2 Å². The molecule has 2 heterocycles. The third kappa shape index (κ3) is 3.77. The summed E-state index contributed by atoms with van der Waals surface area (Å²) in [5, 5.41) is 8.56. The van der Waals surface area contributed by atoms with E-state index in [0.29, 0.717) is 29.2 Å². The van der Waals surface area contributed by atoms with E-state index in [1.807, 2.05) is 55.5 Å². The molecule has 1 N–H and O–H groups in total. The van der Waals surface area contributed by atoms with Gasteiger partial charge in [-0.1, -0.05) is 18.2 Å². The Balaban J connectivity index is 1.98. The predicted octanol–water partition coefficient (Wildman–Crippen LogP) is 4.43. The minimum absolute atomic E-state index is 0.193. The fraction of sp³-hybridized carbons (Fsp3) is 0.167. The highest BCUT2D eigenvalue weighted by Gasteiger charge is 2.22. The molecule has 0 aliphatic heterocycles. The zero-order chi connectivity index (χ0) is 22.0. The van der Waals surface area contributed by atoms with Crippen LogP contribution in [0.1, 0.15) is 24.2 Å². The summed E-state index contributed by atoms with van der Waals surface area (Å²) in [6, 6.07) is 16.6. The molecule has 0 saturated carbocycles. The molecule has 156 valence electrons. The average molecular weight is 414 g/mol. The summed E-state index contributed by atoms with van der Waals surface area (Å²) >= 11 is 0. The van der Waals surface area contributed by atoms with Crippen LogP contribution in [0.15, 0.2) is 65.6 Å². The van der Waals surface area contributed by atoms with Crippen LogP contribution in [0.3, 0.4) is 0 Å². The second kappa shape index (κ2) is 8.39. The summed E-state index contributed by atoms with van der Waals surface area (Å²) in [6.45, 7) is 3.63. The molecule has 2 aromatic carbocycles. The van der Waals surface area contributed by atoms with Crippen LogP contribution in [0.5, 0.6) is 5.75 Å². The number of nitrogens with zero attached hydrogens (tertiary/aromatic N) is 3. The SMILES string of the molecule is CCn1nc(-c2cccc(OC)c2)c(C(C)=O)c(Nc2cccc3ncccc23)c1=O. The van der Waals surface area contributed by atoms with Gasteiger partial charge < -0.3 is 10.1 Å². The second-order valence-electron chi connectivity index (χ2n) is 7.01. The largest absolute Gasteiger partial charge is 0.497 e. The van der Waals surface area contributed by atoms with E-state index in [1.165, 1.54) is 11.6 Å². The summed E-state index contributed by atoms with van der Waals surface area (Å²) < 4.78 is 6.68. The van der Waals surface area contributed by atoms with Crippen LogP contribution in [-0.4, -0.2) is 27.7 Å². The van der Waals surface area contributed by atoms with Crippen LogP contribution in [0.4, 0.5) is 11.4 Å². The highest BCUT2D eigenvalue weighted by atomic mass is 16.5. The van der Waals surface area contributed by atoms with Crippen LogP contribution in [0.2, 0.25) is 0 Å². The molecule has 0 radical (unpaired) electrons. The number of fused-ring (bicyclic) bond motifs is 1. The Morgan fingerprint density at radius 2 is 1.94 bits per heavy atom. The molecule has 2 aromatic heterocycles. The molecule has 4 aromatic rings. The van der Waals surface area contributed by atoms with Crippen molar-refractivity contribution in [2.45, 2.75) is 20.4 Å². The molecule has 0 fully saturated rings. The van der Waals surface area contributed by atoms with Crippen LogP contribution in [-0.2, 0) is 6.54 Å². The number of rotatable bonds is 6. The highest BCUT2D eigenvalue weighted by molar-refractivity contribution is 6.06. The first-order valence-electron chi connectivity index (χ1n) is 9.94. The molecule has 7 heteroatoms. The van der Waals surface area contributed by atoms with E-state index >= 15 is 0 Å². The molecule has 31 heavy (non-hydrogen) atoms. The summed E-state index contributed by atoms with van der Waals surface area (Å²) in [7, 11) is 1.58. The van der Waals surface area contributed by atoms with Crippen molar-refractivity contribution < 1.29 is 9.53 Å². The number of ketones is 1. The van der Waals surface area contributed by atoms with Crippen molar-refractivity contribution >= 4 is 28.1 Å². The van der Waals surface area contributed by atoms with E-state index in [2.05, 4.69) is 15.4 Å². The molecule has 0 unspecified atom stereocenters. The minimum Gasteiger partial charge on any atom is -0.497 e. The number of benzene rings is 2. The maximum Gasteiger partial charge on any atom is 0.291 e. The maximum absolute atomic E-state index is 13.2. The van der Waals surface area contributed by atoms with Crippen molar-refractivity contribution in [3.63, 3.8) is 0 Å². The molecule has 4 rings (SSSR count). The number of carbonyl (C=O) groups is 1. The first kappa shape index (κ1) is 20.3. The van der Waals surface area contributed by atoms with Crippen molar-refractivity contribution in [2.24, 2.45) is 0 Å². The maximum atomic E-state index is 13.2. The predicted molar refractivity (Wildman–Crippen MR) is 121 cm³/mol. The van der Waals surface area contributed by atoms with Crippen LogP contribution < -0.4 is 15.6 Å². The molecule has 0 aliphatic rings. The fourth-order valence-electron chi connectivity index (χ4n) is 3.56. The Hall–Kier alpha value is -4.00. The smallest absolute Gasteiger partial charge is 0.291 e. The van der Waals surface area contributed by atoms with Gasteiger partial charge in [-0.3, -0.25) is 14.6 Å². The first-order chi connectivity index (χ1) is 15.0. The standard InChI is InChI=1S/C24H22N4O3/c1-4-28-24(30)23(26-20-12-6-11-19-18(20)10-7-13-25-19)21(15(2)29)22(27-28)16-8-5-9-17(14-16)31-3/h5-14,26H,4H2,1-3H3. The van der Waals surface area contributed by atoms with Gasteiger partial charge in [0.2, 0.25) is 0 Å². The third-order valence-electron chi connectivity index (χ3n) is 5.06. The molecule has 0 bridgehead atoms. The molecule has 0 saturated heterocycles. The van der Waals surface area contributed by atoms with Crippen molar-refractivity contribution in [3.05, 3.63) is 76.7 Å². The van der Waals surface area contributed by atoms with Gasteiger partial charge >= 0.3 is 0 Å². The summed E-state index contributed by atoms with van der Waals surface area (Å²) in [5.74, 6) is 0.379. The van der Waals surface area contributed by atoms with Crippen molar-refractivity contribution in [2.75, 3.05) is 12.4 Å². The zero-order valence-electron chi connectivity index (χ0n) is 17.5. The van der Waals surface area contributed by atoms with Crippen LogP contribution in [0.25, 0.3) is 22.2 Å². The van der Waals surface area contributed by atoms with E-state index < -0.39 is 0 Å². The lowest BCUT2D eigenvalue weighted by Crippen LogP contribution is -2.28. The van der Waals surface area contributed by atoms with Gasteiger partial charge in [-0.25, -0.2) is 4.68 Å². The number of pyridine rings is 1. The highest BCUT2D eigenvalue weighted by Crippen LogP contribution is 2.31. The lowest BCUT2D eigenvalue weighted by atomic mass is 10.0. The van der Waals surface area contributed by atoms with Crippen molar-refractivity contribution in [1.29, 1.82) is 0 Å². The van der Waals surface area contributed by atoms with Crippen molar-refractivity contribution in [1.82, 2.24) is 14.8 Å². The number of hydrogen-bond donors (Lipinski definition) is 1. The number of aromatic nitrogens is 3. The average Bonchev–Trinajstić information content (AvgIpc) is 2.80. The third-order valence-corrected chi connectivity index (χ3v) is 5.06. The van der Waals surface area contributed by atoms with Crippen LogP contribution in [0, 0.1) is 0 Å². The number of nitrogens with one attached hydrogen (secondary N) is 1. The first-order valence-corrected chi connectivity index (χ1v) is 9.94. The number of ether oxygens (including phenoxy) is 1. The molecular weight excluding hydrogens is 392 g/mol. The second-order valence-corrected chi connectivity index (χ2v) is 7.01. The number of aryl methyl sites for hydroxylation is 1. The lowest BCUT2D eigenvalue weighted by molar-refractivity contribution is 0.101. The lowest BCUT2D eigenvalue weighted by Gasteiger charge is -2.17. The van der Waals surface area contributed by atoms with E-state index in [9.17, 15) is 9.59 Å². The van der Waals surface area contributed by atoms with Gasteiger partial charge in [0.05, 0.1) is 18.2 Å². The number of carbonyl (C=O) groups excluding carboxylic acids is 1. The van der Waals surface area contributed by atoms with E-state index in [1.54, 1.807) is 19.4 Å². The van der Waals surface area contributed by atoms with E-state index in [-0.39, 0.29) is 22.6 Å². The summed E-state index contributed by atoms with van der Waals surface area (Å²) in [6.07, 6.45) is 1.71. The van der Waals surface area contributed by atoms with Crippen molar-refractivity contribution in [3.8, 4) is 17.0 Å². The monoisotopic (exact) mass is 414 g/mol. The Labute approximate surface area is 179 Å². The van der Waals surface area contributed by atoms with Gasteiger partial charge in [-0.2, -0.15) is 5.10 Å². The Bertz CT molecular complexity index is 1340. The Morgan fingerprint density at radius 1 is 1.13 bits per heavy atom. The van der Waals surface area contributed by atoms with Gasteiger partial charge in [-0.15, -0.1) is 0 Å². The number of anilines is 2. The van der Waals surface area contributed by atoms with Gasteiger partial charge in [0, 0.05) is 29.4 Å². The normalized spacial score (nSPS) is 10.8. The molecule has 0 spiro atoms. The Kier molecular flexibility index (Phi) is 5.49. The quantitative estimate of drug-likeness (QED) is 0.470. The minimum atomic E-state index is -0.361. The topological polar surface area (TPSA) is 86.1 Å². The van der Waals surface area contributed by atoms with Gasteiger partial charge in [0.15, 0.2) is 5.78 Å². The van der Waals surface area contributed by atoms with Crippen LogP contribution >= 0.6 is 0 Å². The number of Topliss-reactive ketones (excluding diaryl/α,β-unsaturated/α-hetero) is 1. The molecule has 0 aliphatic carbocycles. The molecule has 0 atom stereocenters. The molecular formula is C24H22N4O3. The van der Waals surface area contributed by atoms with Gasteiger partial charge in [0.25, 0.3) is 5.56 Å². The molecule has 0 amide bonds. The summed E-state index contributed by atoms with van der Waals surface area (Å²) in [5.41, 5.74) is 2.66. The fourth-order valence-corrected chi connectivity index (χ4v) is 3.56. The molecule has 7 nitrogen and oxygen atoms in total. The number of methoxy groups -OCH3 is 1. The van der Waals surface area contributed by atoms with E-state index in [0.717, 1.165) is 10.9 Å². The van der Waals surface area contributed by atoms with E-state index in [4.69, 9.17) is 4.74 Å².